The summed E-state index contributed by atoms with van der Waals surface area (Å²) in [7, 11) is -0.00908. The SMILES string of the molecule is CCN(CC)C(=O)Oc1ccc(OC)cc1[Si](CC)(CC)CC. The fourth-order valence-corrected chi connectivity index (χ4v) is 6.85. The number of methoxy groups -OCH3 is 1. The predicted molar refractivity (Wildman–Crippen MR) is 98.8 cm³/mol. The van der Waals surface area contributed by atoms with E-state index in [0.717, 1.165) is 23.9 Å². The average molecular weight is 338 g/mol. The molecule has 0 saturated heterocycles. The minimum atomic E-state index is -1.68. The van der Waals surface area contributed by atoms with Crippen molar-refractivity contribution in [2.24, 2.45) is 0 Å². The Hall–Kier alpha value is -1.49. The third-order valence-electron chi connectivity index (χ3n) is 5.01. The Morgan fingerprint density at radius 3 is 2.04 bits per heavy atom. The molecule has 0 aromatic heterocycles. The number of rotatable bonds is 8. The van der Waals surface area contributed by atoms with Gasteiger partial charge in [0.1, 0.15) is 11.5 Å². The van der Waals surface area contributed by atoms with Crippen LogP contribution >= 0.6 is 0 Å². The molecule has 0 bridgehead atoms. The van der Waals surface area contributed by atoms with E-state index in [1.807, 2.05) is 26.0 Å². The standard InChI is InChI=1S/C18H31NO3Si/c1-7-19(8-2)18(20)22-16-13-12-15(21-6)14-17(16)23(9-3,10-4)11-5/h12-14H,7-11H2,1-6H3. The zero-order valence-electron chi connectivity index (χ0n) is 15.4. The van der Waals surface area contributed by atoms with Crippen molar-refractivity contribution in [2.75, 3.05) is 20.2 Å². The number of ether oxygens (including phenoxy) is 2. The van der Waals surface area contributed by atoms with Gasteiger partial charge in [-0.05, 0) is 37.2 Å². The van der Waals surface area contributed by atoms with Gasteiger partial charge in [0.15, 0.2) is 0 Å². The maximum absolute atomic E-state index is 12.4. The molecule has 130 valence electrons. The summed E-state index contributed by atoms with van der Waals surface area (Å²) in [6, 6.07) is 9.22. The van der Waals surface area contributed by atoms with Crippen molar-refractivity contribution in [2.45, 2.75) is 52.8 Å². The maximum atomic E-state index is 12.4. The van der Waals surface area contributed by atoms with Crippen molar-refractivity contribution in [3.05, 3.63) is 18.2 Å². The lowest BCUT2D eigenvalue weighted by molar-refractivity contribution is 0.157. The molecular weight excluding hydrogens is 306 g/mol. The number of amides is 1. The Labute approximate surface area is 141 Å². The molecule has 1 aromatic rings. The van der Waals surface area contributed by atoms with E-state index in [0.29, 0.717) is 18.8 Å². The van der Waals surface area contributed by atoms with Crippen molar-refractivity contribution in [3.8, 4) is 11.5 Å². The molecule has 23 heavy (non-hydrogen) atoms. The van der Waals surface area contributed by atoms with Gasteiger partial charge in [-0.3, -0.25) is 0 Å². The first-order chi connectivity index (χ1) is 11.0. The normalized spacial score (nSPS) is 11.2. The van der Waals surface area contributed by atoms with Gasteiger partial charge < -0.3 is 14.4 Å². The molecule has 0 fully saturated rings. The Balaban J connectivity index is 3.29. The third kappa shape index (κ3) is 4.28. The zero-order chi connectivity index (χ0) is 17.5. The fraction of sp³-hybridized carbons (Fsp3) is 0.611. The summed E-state index contributed by atoms with van der Waals surface area (Å²) in [5, 5.41) is 1.20. The van der Waals surface area contributed by atoms with Crippen LogP contribution in [0.25, 0.3) is 0 Å². The minimum Gasteiger partial charge on any atom is -0.497 e. The quantitative estimate of drug-likeness (QED) is 0.666. The van der Waals surface area contributed by atoms with Crippen molar-refractivity contribution in [3.63, 3.8) is 0 Å². The van der Waals surface area contributed by atoms with E-state index >= 15 is 0 Å². The highest BCUT2D eigenvalue weighted by Gasteiger charge is 2.33. The largest absolute Gasteiger partial charge is 0.497 e. The summed E-state index contributed by atoms with van der Waals surface area (Å²) in [4.78, 5) is 14.1. The summed E-state index contributed by atoms with van der Waals surface area (Å²) < 4.78 is 11.2. The Kier molecular flexibility index (Phi) is 7.62. The molecule has 0 atom stereocenters. The molecule has 0 heterocycles. The van der Waals surface area contributed by atoms with Crippen LogP contribution in [0.1, 0.15) is 34.6 Å². The predicted octanol–water partition coefficient (Wildman–Crippen LogP) is 4.25. The first-order valence-electron chi connectivity index (χ1n) is 8.67. The van der Waals surface area contributed by atoms with Crippen LogP contribution in [0, 0.1) is 0 Å². The molecule has 1 amide bonds. The van der Waals surface area contributed by atoms with Crippen LogP contribution in [0.5, 0.6) is 11.5 Å². The van der Waals surface area contributed by atoms with E-state index in [-0.39, 0.29) is 6.09 Å². The number of hydrogen-bond donors (Lipinski definition) is 0. The van der Waals surface area contributed by atoms with Crippen LogP contribution in [-0.2, 0) is 0 Å². The molecule has 0 spiro atoms. The van der Waals surface area contributed by atoms with Gasteiger partial charge in [0.05, 0.1) is 15.2 Å². The Morgan fingerprint density at radius 2 is 1.61 bits per heavy atom. The highest BCUT2D eigenvalue weighted by Crippen LogP contribution is 2.27. The minimum absolute atomic E-state index is 0.271. The highest BCUT2D eigenvalue weighted by atomic mass is 28.3. The first-order valence-corrected chi connectivity index (χ1v) is 11.3. The van der Waals surface area contributed by atoms with Gasteiger partial charge >= 0.3 is 6.09 Å². The van der Waals surface area contributed by atoms with E-state index in [2.05, 4.69) is 26.8 Å². The van der Waals surface area contributed by atoms with Gasteiger partial charge in [0.2, 0.25) is 0 Å². The summed E-state index contributed by atoms with van der Waals surface area (Å²) in [5.74, 6) is 1.54. The lowest BCUT2D eigenvalue weighted by atomic mass is 10.3. The molecule has 0 radical (unpaired) electrons. The fourth-order valence-electron chi connectivity index (χ4n) is 3.10. The van der Waals surface area contributed by atoms with Crippen LogP contribution in [0.15, 0.2) is 18.2 Å². The van der Waals surface area contributed by atoms with Gasteiger partial charge in [-0.15, -0.1) is 0 Å². The van der Waals surface area contributed by atoms with E-state index in [1.165, 1.54) is 5.19 Å². The molecule has 0 aliphatic heterocycles. The van der Waals surface area contributed by atoms with Crippen molar-refractivity contribution < 1.29 is 14.3 Å². The van der Waals surface area contributed by atoms with E-state index in [1.54, 1.807) is 12.0 Å². The van der Waals surface area contributed by atoms with Gasteiger partial charge in [0.25, 0.3) is 0 Å². The number of carbonyl (C=O) groups excluding carboxylic acids is 1. The summed E-state index contributed by atoms with van der Waals surface area (Å²) in [6.45, 7) is 12.0. The second-order valence-corrected chi connectivity index (χ2v) is 11.0. The number of carbonyl (C=O) groups is 1. The lowest BCUT2D eigenvalue weighted by Gasteiger charge is -2.31. The second-order valence-electron chi connectivity index (χ2n) is 5.74. The molecule has 0 saturated carbocycles. The lowest BCUT2D eigenvalue weighted by Crippen LogP contribution is -2.47. The average Bonchev–Trinajstić information content (AvgIpc) is 2.59. The van der Waals surface area contributed by atoms with Gasteiger partial charge in [-0.1, -0.05) is 38.9 Å². The topological polar surface area (TPSA) is 38.8 Å². The van der Waals surface area contributed by atoms with Crippen LogP contribution in [0.2, 0.25) is 18.1 Å². The van der Waals surface area contributed by atoms with Crippen molar-refractivity contribution in [1.29, 1.82) is 0 Å². The van der Waals surface area contributed by atoms with Crippen LogP contribution in [0.4, 0.5) is 4.79 Å². The molecule has 5 heteroatoms. The third-order valence-corrected chi connectivity index (χ3v) is 10.6. The second kappa shape index (κ2) is 8.96. The smallest absolute Gasteiger partial charge is 0.415 e. The zero-order valence-corrected chi connectivity index (χ0v) is 16.4. The molecule has 0 unspecified atom stereocenters. The molecule has 0 aliphatic rings. The molecule has 1 rings (SSSR count). The van der Waals surface area contributed by atoms with Crippen LogP contribution < -0.4 is 14.7 Å². The van der Waals surface area contributed by atoms with Crippen LogP contribution in [-0.4, -0.2) is 39.3 Å². The monoisotopic (exact) mass is 337 g/mol. The molecule has 4 nitrogen and oxygen atoms in total. The molecule has 0 aliphatic carbocycles. The van der Waals surface area contributed by atoms with Crippen molar-refractivity contribution >= 4 is 19.4 Å². The molecule has 1 aromatic carbocycles. The highest BCUT2D eigenvalue weighted by molar-refractivity contribution is 6.92. The van der Waals surface area contributed by atoms with E-state index in [9.17, 15) is 4.79 Å². The Morgan fingerprint density at radius 1 is 1.04 bits per heavy atom. The Bertz CT molecular complexity index is 503. The molecule has 0 N–H and O–H groups in total. The number of benzene rings is 1. The first kappa shape index (κ1) is 19.6. The number of hydrogen-bond acceptors (Lipinski definition) is 3. The van der Waals surface area contributed by atoms with Gasteiger partial charge in [-0.2, -0.15) is 0 Å². The van der Waals surface area contributed by atoms with E-state index in [4.69, 9.17) is 9.47 Å². The van der Waals surface area contributed by atoms with E-state index < -0.39 is 8.07 Å². The number of nitrogens with zero attached hydrogens (tertiary/aromatic N) is 1. The summed E-state index contributed by atoms with van der Waals surface area (Å²) >= 11 is 0. The van der Waals surface area contributed by atoms with Gasteiger partial charge in [0, 0.05) is 13.1 Å². The van der Waals surface area contributed by atoms with Gasteiger partial charge in [-0.25, -0.2) is 4.79 Å². The van der Waals surface area contributed by atoms with Crippen molar-refractivity contribution in [1.82, 2.24) is 4.90 Å². The van der Waals surface area contributed by atoms with Crippen LogP contribution in [0.3, 0.4) is 0 Å². The maximum Gasteiger partial charge on any atom is 0.415 e. The summed E-state index contributed by atoms with van der Waals surface area (Å²) in [5.41, 5.74) is 0. The summed E-state index contributed by atoms with van der Waals surface area (Å²) in [6.07, 6.45) is -0.271. The molecular formula is C18H31NO3Si.